The number of H-pyrrole nitrogens is 1. The molecule has 29 heavy (non-hydrogen) atoms. The fourth-order valence-electron chi connectivity index (χ4n) is 2.76. The van der Waals surface area contributed by atoms with Crippen LogP contribution in [-0.2, 0) is 13.2 Å². The summed E-state index contributed by atoms with van der Waals surface area (Å²) in [5.41, 5.74) is -2.28. The molecule has 0 saturated heterocycles. The highest BCUT2D eigenvalue weighted by Crippen LogP contribution is 2.32. The van der Waals surface area contributed by atoms with Crippen LogP contribution in [0.15, 0.2) is 29.2 Å². The predicted molar refractivity (Wildman–Crippen MR) is 94.0 cm³/mol. The maximum Gasteiger partial charge on any atom is 0.419 e. The van der Waals surface area contributed by atoms with Crippen molar-refractivity contribution in [2.45, 2.75) is 13.1 Å². The van der Waals surface area contributed by atoms with Crippen LogP contribution in [0.1, 0.15) is 21.6 Å². The van der Waals surface area contributed by atoms with E-state index in [2.05, 4.69) is 10.1 Å². The van der Waals surface area contributed by atoms with Crippen molar-refractivity contribution in [1.82, 2.24) is 20.1 Å². The van der Waals surface area contributed by atoms with Gasteiger partial charge in [0.2, 0.25) is 5.43 Å². The molecule has 0 aliphatic carbocycles. The smallest absolute Gasteiger partial charge is 0.345 e. The number of rotatable bonds is 2. The normalized spacial score (nSPS) is 11.5. The Morgan fingerprint density at radius 2 is 1.93 bits per heavy atom. The van der Waals surface area contributed by atoms with Crippen LogP contribution in [-0.4, -0.2) is 26.7 Å². The van der Waals surface area contributed by atoms with Crippen molar-refractivity contribution in [1.29, 1.82) is 0 Å². The van der Waals surface area contributed by atoms with Gasteiger partial charge < -0.3 is 10.3 Å². The fraction of sp³-hybridized carbons (Fsp3) is 0.176. The van der Waals surface area contributed by atoms with E-state index in [0.29, 0.717) is 23.5 Å². The zero-order chi connectivity index (χ0) is 21.5. The van der Waals surface area contributed by atoms with Crippen molar-refractivity contribution in [3.8, 4) is 0 Å². The maximum absolute atomic E-state index is 13.3. The molecule has 0 aliphatic heterocycles. The van der Waals surface area contributed by atoms with E-state index in [0.717, 1.165) is 12.3 Å². The van der Waals surface area contributed by atoms with Gasteiger partial charge in [0.1, 0.15) is 17.0 Å². The highest BCUT2D eigenvalue weighted by Gasteiger charge is 2.34. The Balaban J connectivity index is 1.81. The molecular formula is C17H13F4N5O3. The molecule has 0 aliphatic rings. The molecule has 3 amide bonds. The third-order valence-corrected chi connectivity index (χ3v) is 4.05. The highest BCUT2D eigenvalue weighted by molar-refractivity contribution is 6.08. The number of anilines is 1. The minimum Gasteiger partial charge on any atom is -0.345 e. The molecular weight excluding hydrogens is 398 g/mol. The van der Waals surface area contributed by atoms with Crippen LogP contribution < -0.4 is 16.1 Å². The minimum atomic E-state index is -4.96. The van der Waals surface area contributed by atoms with Crippen molar-refractivity contribution >= 4 is 28.7 Å². The lowest BCUT2D eigenvalue weighted by molar-refractivity contribution is -0.139. The third kappa shape index (κ3) is 3.81. The molecule has 0 bridgehead atoms. The van der Waals surface area contributed by atoms with Crippen LogP contribution in [0.3, 0.4) is 0 Å². The second-order valence-electron chi connectivity index (χ2n) is 6.06. The number of hydrogen-bond donors (Lipinski definition) is 3. The quantitative estimate of drug-likeness (QED) is 0.564. The summed E-state index contributed by atoms with van der Waals surface area (Å²) in [6.45, 7) is 1.57. The van der Waals surface area contributed by atoms with Gasteiger partial charge in [-0.3, -0.25) is 19.6 Å². The van der Waals surface area contributed by atoms with Crippen molar-refractivity contribution in [2.75, 3.05) is 5.32 Å². The Bertz CT molecular complexity index is 1200. The predicted octanol–water partition coefficient (Wildman–Crippen LogP) is 2.69. The van der Waals surface area contributed by atoms with Gasteiger partial charge in [-0.1, -0.05) is 0 Å². The molecule has 3 aromatic rings. The number of amides is 3. The second-order valence-corrected chi connectivity index (χ2v) is 6.06. The monoisotopic (exact) mass is 411 g/mol. The Kier molecular flexibility index (Phi) is 4.86. The lowest BCUT2D eigenvalue weighted by Crippen LogP contribution is -2.37. The summed E-state index contributed by atoms with van der Waals surface area (Å²) in [6.07, 6.45) is -3.87. The van der Waals surface area contributed by atoms with E-state index in [9.17, 15) is 31.9 Å². The SMILES string of the molecule is Cc1nn(C)c2[nH]cc(C(=O)NC(=O)Nc3ccc(F)c(C(F)(F)F)c3)c(=O)c12. The summed E-state index contributed by atoms with van der Waals surface area (Å²) < 4.78 is 52.9. The summed E-state index contributed by atoms with van der Waals surface area (Å²) in [5.74, 6) is -2.58. The van der Waals surface area contributed by atoms with E-state index in [1.807, 2.05) is 10.6 Å². The molecule has 8 nitrogen and oxygen atoms in total. The summed E-state index contributed by atoms with van der Waals surface area (Å²) in [7, 11) is 1.59. The standard InChI is InChI=1S/C17H13F4N5O3/c1-7-12-13(27)9(6-22-14(12)26(2)25-7)15(28)24-16(29)23-8-3-4-11(18)10(5-8)17(19,20)21/h3-6H,1-2H3,(H,22,27)(H2,23,24,28,29). The van der Waals surface area contributed by atoms with Gasteiger partial charge in [-0.25, -0.2) is 9.18 Å². The van der Waals surface area contributed by atoms with Crippen LogP contribution >= 0.6 is 0 Å². The molecule has 12 heteroatoms. The number of pyridine rings is 1. The summed E-state index contributed by atoms with van der Waals surface area (Å²) >= 11 is 0. The largest absolute Gasteiger partial charge is 0.419 e. The molecule has 0 fully saturated rings. The van der Waals surface area contributed by atoms with Crippen molar-refractivity contribution < 1.29 is 27.2 Å². The van der Waals surface area contributed by atoms with E-state index in [-0.39, 0.29) is 10.9 Å². The zero-order valence-corrected chi connectivity index (χ0v) is 14.9. The molecule has 2 heterocycles. The topological polar surface area (TPSA) is 109 Å². The molecule has 0 atom stereocenters. The molecule has 0 unspecified atom stereocenters. The summed E-state index contributed by atoms with van der Waals surface area (Å²) in [4.78, 5) is 39.4. The number of hydrogen-bond acceptors (Lipinski definition) is 4. The van der Waals surface area contributed by atoms with E-state index in [4.69, 9.17) is 0 Å². The van der Waals surface area contributed by atoms with E-state index < -0.39 is 40.6 Å². The Hall–Kier alpha value is -3.70. The molecule has 0 radical (unpaired) electrons. The van der Waals surface area contributed by atoms with Crippen LogP contribution in [0, 0.1) is 12.7 Å². The number of fused-ring (bicyclic) bond motifs is 1. The number of aromatic nitrogens is 3. The third-order valence-electron chi connectivity index (χ3n) is 4.05. The van der Waals surface area contributed by atoms with Crippen molar-refractivity contribution in [3.63, 3.8) is 0 Å². The van der Waals surface area contributed by atoms with Crippen LogP contribution in [0.2, 0.25) is 0 Å². The van der Waals surface area contributed by atoms with Gasteiger partial charge in [-0.05, 0) is 25.1 Å². The highest BCUT2D eigenvalue weighted by atomic mass is 19.4. The number of aromatic amines is 1. The number of alkyl halides is 3. The van der Waals surface area contributed by atoms with Gasteiger partial charge in [-0.15, -0.1) is 0 Å². The van der Waals surface area contributed by atoms with E-state index >= 15 is 0 Å². The van der Waals surface area contributed by atoms with Crippen molar-refractivity contribution in [2.24, 2.45) is 7.05 Å². The van der Waals surface area contributed by atoms with Gasteiger partial charge in [0.25, 0.3) is 5.91 Å². The number of nitrogens with zero attached hydrogens (tertiary/aromatic N) is 2. The minimum absolute atomic E-state index is 0.161. The average Bonchev–Trinajstić information content (AvgIpc) is 2.90. The van der Waals surface area contributed by atoms with Gasteiger partial charge in [0, 0.05) is 18.9 Å². The molecule has 3 rings (SSSR count). The van der Waals surface area contributed by atoms with E-state index in [1.165, 1.54) is 4.68 Å². The first-order valence-electron chi connectivity index (χ1n) is 8.03. The molecule has 1 aromatic carbocycles. The number of benzene rings is 1. The first kappa shape index (κ1) is 20.0. The van der Waals surface area contributed by atoms with E-state index in [1.54, 1.807) is 14.0 Å². The van der Waals surface area contributed by atoms with Gasteiger partial charge >= 0.3 is 12.2 Å². The number of carbonyl (C=O) groups excluding carboxylic acids is 2. The maximum atomic E-state index is 13.3. The Morgan fingerprint density at radius 3 is 2.59 bits per heavy atom. The fourth-order valence-corrected chi connectivity index (χ4v) is 2.76. The number of nitrogens with one attached hydrogen (secondary N) is 3. The molecule has 0 spiro atoms. The Labute approximate surface area is 159 Å². The van der Waals surface area contributed by atoms with Gasteiger partial charge in [0.05, 0.1) is 16.6 Å². The summed E-state index contributed by atoms with van der Waals surface area (Å²) in [5, 5.41) is 8.04. The zero-order valence-electron chi connectivity index (χ0n) is 14.9. The first-order chi connectivity index (χ1) is 13.5. The number of urea groups is 1. The van der Waals surface area contributed by atoms with Crippen LogP contribution in [0.25, 0.3) is 11.0 Å². The average molecular weight is 411 g/mol. The number of imide groups is 1. The van der Waals surface area contributed by atoms with Gasteiger partial charge in [0.15, 0.2) is 0 Å². The number of halogens is 4. The van der Waals surface area contributed by atoms with Crippen LogP contribution in [0.5, 0.6) is 0 Å². The van der Waals surface area contributed by atoms with Crippen molar-refractivity contribution in [3.05, 3.63) is 57.3 Å². The molecule has 152 valence electrons. The van der Waals surface area contributed by atoms with Crippen LogP contribution in [0.4, 0.5) is 28.0 Å². The second kappa shape index (κ2) is 7.04. The lowest BCUT2D eigenvalue weighted by Gasteiger charge is -2.11. The molecule has 0 saturated carbocycles. The molecule has 2 aromatic heterocycles. The summed E-state index contributed by atoms with van der Waals surface area (Å²) in [6, 6.07) is 0.616. The number of aryl methyl sites for hydroxylation is 2. The number of carbonyl (C=O) groups is 2. The Morgan fingerprint density at radius 1 is 1.24 bits per heavy atom. The molecule has 3 N–H and O–H groups in total. The lowest BCUT2D eigenvalue weighted by atomic mass is 10.2. The first-order valence-corrected chi connectivity index (χ1v) is 8.03. The van der Waals surface area contributed by atoms with Gasteiger partial charge in [-0.2, -0.15) is 18.3 Å².